The summed E-state index contributed by atoms with van der Waals surface area (Å²) in [6.07, 6.45) is 0. The number of rotatable bonds is 2. The molecule has 16 heavy (non-hydrogen) atoms. The van der Waals surface area contributed by atoms with Crippen LogP contribution in [-0.2, 0) is 4.74 Å². The van der Waals surface area contributed by atoms with Crippen molar-refractivity contribution in [3.8, 4) is 0 Å². The van der Waals surface area contributed by atoms with E-state index in [4.69, 9.17) is 10.5 Å². The molecule has 84 valence electrons. The molecule has 0 spiro atoms. The van der Waals surface area contributed by atoms with Gasteiger partial charge in [-0.25, -0.2) is 9.78 Å². The molecule has 0 bridgehead atoms. The zero-order chi connectivity index (χ0) is 11.7. The monoisotopic (exact) mass is 239 g/mol. The quantitative estimate of drug-likeness (QED) is 0.753. The molecule has 0 unspecified atom stereocenters. The van der Waals surface area contributed by atoms with Gasteiger partial charge in [0.05, 0.1) is 12.2 Å². The Morgan fingerprint density at radius 3 is 3.12 bits per heavy atom. The number of hydrogen-bond acceptors (Lipinski definition) is 6. The molecule has 0 saturated carbocycles. The maximum Gasteiger partial charge on any atom is 0.341 e. The molecule has 7 heteroatoms. The maximum atomic E-state index is 11.5. The van der Waals surface area contributed by atoms with E-state index in [1.54, 1.807) is 12.3 Å². The summed E-state index contributed by atoms with van der Waals surface area (Å²) in [5.41, 5.74) is 5.64. The molecule has 2 heterocycles. The molecular weight excluding hydrogens is 230 g/mol. The van der Waals surface area contributed by atoms with E-state index in [-0.39, 0.29) is 23.7 Å². The van der Waals surface area contributed by atoms with Crippen LogP contribution in [0.3, 0.4) is 0 Å². The van der Waals surface area contributed by atoms with Crippen molar-refractivity contribution in [1.82, 2.24) is 9.97 Å². The number of esters is 1. The first-order valence-corrected chi connectivity index (χ1v) is 5.45. The predicted molar refractivity (Wildman–Crippen MR) is 60.6 cm³/mol. The van der Waals surface area contributed by atoms with Crippen molar-refractivity contribution in [2.45, 2.75) is 6.92 Å². The van der Waals surface area contributed by atoms with Gasteiger partial charge in [0.2, 0.25) is 5.95 Å². The van der Waals surface area contributed by atoms with Crippen molar-refractivity contribution >= 4 is 33.5 Å². The number of thiophene rings is 1. The van der Waals surface area contributed by atoms with Gasteiger partial charge in [-0.05, 0) is 6.92 Å². The summed E-state index contributed by atoms with van der Waals surface area (Å²) in [4.78, 5) is 29.3. The first kappa shape index (κ1) is 10.6. The van der Waals surface area contributed by atoms with E-state index in [9.17, 15) is 9.59 Å². The highest BCUT2D eigenvalue weighted by Crippen LogP contribution is 2.21. The van der Waals surface area contributed by atoms with E-state index in [2.05, 4.69) is 9.97 Å². The van der Waals surface area contributed by atoms with Crippen molar-refractivity contribution in [2.24, 2.45) is 0 Å². The van der Waals surface area contributed by atoms with Gasteiger partial charge < -0.3 is 10.5 Å². The third-order valence-corrected chi connectivity index (χ3v) is 2.91. The fourth-order valence-corrected chi connectivity index (χ4v) is 2.17. The smallest absolute Gasteiger partial charge is 0.341 e. The summed E-state index contributed by atoms with van der Waals surface area (Å²) in [7, 11) is 0. The van der Waals surface area contributed by atoms with Crippen LogP contribution in [-0.4, -0.2) is 22.5 Å². The van der Waals surface area contributed by atoms with Crippen LogP contribution < -0.4 is 11.3 Å². The second-order valence-electron chi connectivity index (χ2n) is 3.00. The number of aromatic nitrogens is 2. The van der Waals surface area contributed by atoms with E-state index >= 15 is 0 Å². The molecule has 0 fully saturated rings. The number of nitrogens with two attached hydrogens (primary N) is 1. The lowest BCUT2D eigenvalue weighted by Crippen LogP contribution is -2.11. The van der Waals surface area contributed by atoms with Gasteiger partial charge >= 0.3 is 5.97 Å². The Balaban J connectivity index is 2.64. The lowest BCUT2D eigenvalue weighted by molar-refractivity contribution is 0.0529. The highest BCUT2D eigenvalue weighted by molar-refractivity contribution is 7.17. The Morgan fingerprint density at radius 2 is 2.44 bits per heavy atom. The number of carbonyl (C=O) groups excluding carboxylic acids is 1. The standard InChI is InChI=1S/C9H9N3O3S/c1-2-15-8(14)4-3-16-6-5(4)11-9(10)12-7(6)13/h3H,2H2,1H3,(H3,10,11,12,13). The average Bonchev–Trinajstić information content (AvgIpc) is 2.61. The van der Waals surface area contributed by atoms with Crippen molar-refractivity contribution in [3.63, 3.8) is 0 Å². The molecule has 0 aliphatic rings. The van der Waals surface area contributed by atoms with Gasteiger partial charge in [-0.1, -0.05) is 0 Å². The fraction of sp³-hybridized carbons (Fsp3) is 0.222. The number of nitrogen functional groups attached to an aromatic ring is 1. The molecule has 0 saturated heterocycles. The van der Waals surface area contributed by atoms with Gasteiger partial charge in [0, 0.05) is 5.38 Å². The number of nitrogens with one attached hydrogen (secondary N) is 1. The number of fused-ring (bicyclic) bond motifs is 1. The fourth-order valence-electron chi connectivity index (χ4n) is 1.30. The lowest BCUT2D eigenvalue weighted by atomic mass is 10.3. The minimum absolute atomic E-state index is 0.0125. The predicted octanol–water partition coefficient (Wildman–Crippen LogP) is 0.743. The number of anilines is 1. The molecule has 0 amide bonds. The summed E-state index contributed by atoms with van der Waals surface area (Å²) in [6, 6.07) is 0. The van der Waals surface area contributed by atoms with Crippen LogP contribution in [0, 0.1) is 0 Å². The third-order valence-electron chi connectivity index (χ3n) is 1.94. The number of carbonyl (C=O) groups is 1. The molecule has 0 atom stereocenters. The van der Waals surface area contributed by atoms with Gasteiger partial charge in [0.15, 0.2) is 0 Å². The number of H-pyrrole nitrogens is 1. The maximum absolute atomic E-state index is 11.5. The van der Waals surface area contributed by atoms with Crippen LogP contribution in [0.15, 0.2) is 10.2 Å². The average molecular weight is 239 g/mol. The van der Waals surface area contributed by atoms with Crippen molar-refractivity contribution in [2.75, 3.05) is 12.3 Å². The molecule has 2 rings (SSSR count). The summed E-state index contributed by atoms with van der Waals surface area (Å²) < 4.78 is 5.22. The highest BCUT2D eigenvalue weighted by atomic mass is 32.1. The van der Waals surface area contributed by atoms with Crippen LogP contribution in [0.1, 0.15) is 17.3 Å². The Labute approximate surface area is 94.1 Å². The number of ether oxygens (including phenoxy) is 1. The minimum atomic E-state index is -0.494. The van der Waals surface area contributed by atoms with Crippen LogP contribution in [0.5, 0.6) is 0 Å². The molecule has 0 aliphatic carbocycles. The summed E-state index contributed by atoms with van der Waals surface area (Å²) >= 11 is 1.14. The molecule has 0 aliphatic heterocycles. The Kier molecular flexibility index (Phi) is 2.61. The largest absolute Gasteiger partial charge is 0.462 e. The number of aromatic amines is 1. The van der Waals surface area contributed by atoms with Crippen LogP contribution in [0.4, 0.5) is 5.95 Å². The van der Waals surface area contributed by atoms with Crippen LogP contribution in [0.2, 0.25) is 0 Å². The zero-order valence-corrected chi connectivity index (χ0v) is 9.26. The molecule has 0 radical (unpaired) electrons. The van der Waals surface area contributed by atoms with Gasteiger partial charge in [0.25, 0.3) is 5.56 Å². The first-order chi connectivity index (χ1) is 7.63. The lowest BCUT2D eigenvalue weighted by Gasteiger charge is -1.99. The molecule has 6 nitrogen and oxygen atoms in total. The van der Waals surface area contributed by atoms with E-state index < -0.39 is 5.97 Å². The van der Waals surface area contributed by atoms with E-state index in [0.717, 1.165) is 11.3 Å². The molecule has 2 aromatic heterocycles. The van der Waals surface area contributed by atoms with Gasteiger partial charge in [-0.15, -0.1) is 11.3 Å². The Hall–Kier alpha value is -1.89. The van der Waals surface area contributed by atoms with E-state index in [0.29, 0.717) is 10.2 Å². The van der Waals surface area contributed by atoms with E-state index in [1.807, 2.05) is 0 Å². The topological polar surface area (TPSA) is 98.1 Å². The van der Waals surface area contributed by atoms with Gasteiger partial charge in [-0.2, -0.15) is 0 Å². The van der Waals surface area contributed by atoms with Crippen LogP contribution >= 0.6 is 11.3 Å². The van der Waals surface area contributed by atoms with Crippen LogP contribution in [0.25, 0.3) is 10.2 Å². The van der Waals surface area contributed by atoms with Gasteiger partial charge in [0.1, 0.15) is 10.2 Å². The van der Waals surface area contributed by atoms with Crippen molar-refractivity contribution in [3.05, 3.63) is 21.3 Å². The second-order valence-corrected chi connectivity index (χ2v) is 3.88. The van der Waals surface area contributed by atoms with Crippen molar-refractivity contribution in [1.29, 1.82) is 0 Å². The molecule has 0 aromatic carbocycles. The molecule has 3 N–H and O–H groups in total. The second kappa shape index (κ2) is 3.93. The highest BCUT2D eigenvalue weighted by Gasteiger charge is 2.16. The Morgan fingerprint density at radius 1 is 1.69 bits per heavy atom. The zero-order valence-electron chi connectivity index (χ0n) is 8.44. The first-order valence-electron chi connectivity index (χ1n) is 4.57. The van der Waals surface area contributed by atoms with Crippen molar-refractivity contribution < 1.29 is 9.53 Å². The number of nitrogens with zero attached hydrogens (tertiary/aromatic N) is 1. The minimum Gasteiger partial charge on any atom is -0.462 e. The normalized spacial score (nSPS) is 10.6. The van der Waals surface area contributed by atoms with E-state index in [1.165, 1.54) is 0 Å². The Bertz CT molecular complexity index is 602. The summed E-state index contributed by atoms with van der Waals surface area (Å²) in [5.74, 6) is -0.507. The summed E-state index contributed by atoms with van der Waals surface area (Å²) in [5, 5.41) is 1.55. The SMILES string of the molecule is CCOC(=O)c1csc2c(=O)[nH]c(N)nc12. The summed E-state index contributed by atoms with van der Waals surface area (Å²) in [6.45, 7) is 1.98. The number of hydrogen-bond donors (Lipinski definition) is 2. The third kappa shape index (κ3) is 1.65. The molecule has 2 aromatic rings. The van der Waals surface area contributed by atoms with Gasteiger partial charge in [-0.3, -0.25) is 9.78 Å². The molecular formula is C9H9N3O3S.